The predicted molar refractivity (Wildman–Crippen MR) is 191 cm³/mol. The van der Waals surface area contributed by atoms with Crippen molar-refractivity contribution < 1.29 is 23.2 Å². The molecule has 1 saturated carbocycles. The van der Waals surface area contributed by atoms with E-state index < -0.39 is 30.0 Å². The minimum Gasteiger partial charge on any atom is -0.370 e. The van der Waals surface area contributed by atoms with Gasteiger partial charge in [-0.05, 0) is 75.6 Å². The van der Waals surface area contributed by atoms with Crippen molar-refractivity contribution in [2.75, 3.05) is 29.9 Å². The fourth-order valence-electron chi connectivity index (χ4n) is 8.20. The summed E-state index contributed by atoms with van der Waals surface area (Å²) in [4.78, 5) is 57.2. The molecule has 0 spiro atoms. The second-order valence-electron chi connectivity index (χ2n) is 14.3. The smallest absolute Gasteiger partial charge is 0.329 e. The van der Waals surface area contributed by atoms with E-state index in [0.29, 0.717) is 29.5 Å². The van der Waals surface area contributed by atoms with Gasteiger partial charge in [0, 0.05) is 51.2 Å². The van der Waals surface area contributed by atoms with Crippen LogP contribution in [0.4, 0.5) is 20.2 Å². The second-order valence-corrected chi connectivity index (χ2v) is 14.3. The van der Waals surface area contributed by atoms with Crippen LogP contribution in [0.3, 0.4) is 0 Å². The molecule has 5 aromatic rings. The average molecular weight is 730 g/mol. The zero-order valence-corrected chi connectivity index (χ0v) is 29.3. The van der Waals surface area contributed by atoms with E-state index >= 15 is 0 Å². The van der Waals surface area contributed by atoms with Gasteiger partial charge in [-0.1, -0.05) is 6.07 Å². The van der Waals surface area contributed by atoms with Gasteiger partial charge in [0.05, 0.1) is 34.6 Å². The van der Waals surface area contributed by atoms with Gasteiger partial charge < -0.3 is 15.5 Å². The maximum absolute atomic E-state index is 14.0. The highest BCUT2D eigenvalue weighted by Gasteiger charge is 2.33. The highest BCUT2D eigenvalue weighted by atomic mass is 19.3. The van der Waals surface area contributed by atoms with Crippen molar-refractivity contribution in [1.29, 1.82) is 0 Å². The van der Waals surface area contributed by atoms with Gasteiger partial charge in [-0.15, -0.1) is 0 Å². The van der Waals surface area contributed by atoms with Crippen molar-refractivity contribution in [3.05, 3.63) is 70.8 Å². The van der Waals surface area contributed by atoms with E-state index in [0.717, 1.165) is 69.4 Å². The number of nitrogens with one attached hydrogen (secondary N) is 3. The summed E-state index contributed by atoms with van der Waals surface area (Å²) in [5.74, 6) is -0.890. The van der Waals surface area contributed by atoms with Crippen LogP contribution in [0.1, 0.15) is 85.9 Å². The van der Waals surface area contributed by atoms with E-state index in [4.69, 9.17) is 0 Å². The minimum absolute atomic E-state index is 0.0132. The third-order valence-electron chi connectivity index (χ3n) is 11.1. The number of hydrogen-bond acceptors (Lipinski definition) is 9. The van der Waals surface area contributed by atoms with Crippen LogP contribution in [-0.4, -0.2) is 76.9 Å². The van der Waals surface area contributed by atoms with Crippen LogP contribution in [0, 0.1) is 5.92 Å². The Hall–Kier alpha value is -5.45. The fourth-order valence-corrected chi connectivity index (χ4v) is 8.20. The van der Waals surface area contributed by atoms with Gasteiger partial charge in [0.1, 0.15) is 11.6 Å². The minimum atomic E-state index is -2.85. The summed E-state index contributed by atoms with van der Waals surface area (Å²) in [6.45, 7) is 2.48. The summed E-state index contributed by atoms with van der Waals surface area (Å²) in [5, 5.41) is 17.1. The van der Waals surface area contributed by atoms with Crippen molar-refractivity contribution in [3.8, 4) is 0 Å². The van der Waals surface area contributed by atoms with E-state index in [-0.39, 0.29) is 35.3 Å². The number of amides is 3. The van der Waals surface area contributed by atoms with Crippen LogP contribution in [0.25, 0.3) is 16.7 Å². The molecule has 3 amide bonds. The molecule has 2 aliphatic heterocycles. The quantitative estimate of drug-likeness (QED) is 0.192. The Morgan fingerprint density at radius 1 is 1.04 bits per heavy atom. The SMILES string of the molecule is Cn1c(=O)n(C2CCC(=O)NC2=O)c2cccc(N3CCC(NCC4CCC(n5cc(NC(=O)c6cnn7cccnc67)c(C(F)F)n5)CC4)CC3)c21. The van der Waals surface area contributed by atoms with Gasteiger partial charge in [0.2, 0.25) is 11.8 Å². The summed E-state index contributed by atoms with van der Waals surface area (Å²) in [6, 6.07) is 7.04. The van der Waals surface area contributed by atoms with E-state index in [1.54, 1.807) is 28.6 Å². The standard InChI is InChI=1S/C36H41F2N11O4/c1-45-31-26(4-2-5-27(31)49(36(45)53)28-10-11-29(50)43-35(28)52)46-16-12-22(13-17-46)40-18-21-6-8-23(9-7-21)48-20-25(30(44-48)32(37)38)42-34(51)24-19-41-47-15-3-14-39-33(24)47/h2-5,14-15,19-23,28,32,40H,6-13,16-18H2,1H3,(H,42,51)(H,43,50,52). The largest absolute Gasteiger partial charge is 0.370 e. The molecule has 278 valence electrons. The number of nitrogens with zero attached hydrogens (tertiary/aromatic N) is 8. The van der Waals surface area contributed by atoms with Gasteiger partial charge in [-0.2, -0.15) is 10.2 Å². The van der Waals surface area contributed by atoms with Crippen LogP contribution >= 0.6 is 0 Å². The van der Waals surface area contributed by atoms with Crippen LogP contribution in [0.2, 0.25) is 0 Å². The monoisotopic (exact) mass is 729 g/mol. The molecule has 6 heterocycles. The van der Waals surface area contributed by atoms with Gasteiger partial charge in [0.15, 0.2) is 11.3 Å². The van der Waals surface area contributed by atoms with Crippen molar-refractivity contribution in [2.45, 2.75) is 75.9 Å². The molecular formula is C36H41F2N11O4. The van der Waals surface area contributed by atoms with Crippen molar-refractivity contribution in [1.82, 2.24) is 44.1 Å². The number of hydrogen-bond donors (Lipinski definition) is 3. The number of benzene rings is 1. The van der Waals surface area contributed by atoms with Crippen LogP contribution in [0.5, 0.6) is 0 Å². The second kappa shape index (κ2) is 14.2. The van der Waals surface area contributed by atoms with Crippen LogP contribution < -0.4 is 26.5 Å². The number of rotatable bonds is 9. The van der Waals surface area contributed by atoms with E-state index in [1.807, 2.05) is 18.2 Å². The molecule has 17 heteroatoms. The van der Waals surface area contributed by atoms with E-state index in [2.05, 4.69) is 36.0 Å². The molecule has 3 N–H and O–H groups in total. The lowest BCUT2D eigenvalue weighted by Crippen LogP contribution is -2.44. The number of piperidine rings is 2. The average Bonchev–Trinajstić information content (AvgIpc) is 3.86. The topological polar surface area (TPSA) is 165 Å². The lowest BCUT2D eigenvalue weighted by atomic mass is 9.85. The number of aromatic nitrogens is 7. The number of carbonyl (C=O) groups excluding carboxylic acids is 3. The summed E-state index contributed by atoms with van der Waals surface area (Å²) < 4.78 is 34.2. The number of imide groups is 1. The molecule has 8 rings (SSSR count). The number of carbonyl (C=O) groups is 3. The summed E-state index contributed by atoms with van der Waals surface area (Å²) >= 11 is 0. The van der Waals surface area contributed by atoms with Gasteiger partial charge in [-0.3, -0.25) is 33.5 Å². The molecule has 53 heavy (non-hydrogen) atoms. The third kappa shape index (κ3) is 6.57. The first kappa shape index (κ1) is 34.6. The number of para-hydroxylation sites is 1. The summed E-state index contributed by atoms with van der Waals surface area (Å²) in [5.41, 5.74) is 2.18. The number of anilines is 2. The number of aryl methyl sites for hydroxylation is 1. The molecule has 4 aromatic heterocycles. The molecule has 0 bridgehead atoms. The van der Waals surface area contributed by atoms with E-state index in [1.165, 1.54) is 27.7 Å². The molecule has 2 saturated heterocycles. The van der Waals surface area contributed by atoms with Crippen molar-refractivity contribution in [2.24, 2.45) is 13.0 Å². The molecular weight excluding hydrogens is 688 g/mol. The normalized spacial score (nSPS) is 21.5. The molecule has 1 atom stereocenters. The Bertz CT molecular complexity index is 2240. The Balaban J connectivity index is 0.850. The maximum atomic E-state index is 14.0. The zero-order chi connectivity index (χ0) is 36.8. The third-order valence-corrected chi connectivity index (χ3v) is 11.1. The summed E-state index contributed by atoms with van der Waals surface area (Å²) in [7, 11) is 1.73. The lowest BCUT2D eigenvalue weighted by molar-refractivity contribution is -0.135. The fraction of sp³-hybridized carbons (Fsp3) is 0.472. The van der Waals surface area contributed by atoms with Gasteiger partial charge in [0.25, 0.3) is 12.3 Å². The number of halogens is 2. The van der Waals surface area contributed by atoms with Crippen LogP contribution in [0.15, 0.2) is 53.8 Å². The molecule has 1 aromatic carbocycles. The Labute approximate surface area is 302 Å². The first-order valence-corrected chi connectivity index (χ1v) is 18.1. The number of alkyl halides is 2. The highest BCUT2D eigenvalue weighted by molar-refractivity contribution is 6.08. The molecule has 1 unspecified atom stereocenters. The number of fused-ring (bicyclic) bond motifs is 2. The summed E-state index contributed by atoms with van der Waals surface area (Å²) in [6.07, 6.45) is 8.99. The maximum Gasteiger partial charge on any atom is 0.329 e. The lowest BCUT2D eigenvalue weighted by Gasteiger charge is -2.36. The first-order valence-electron chi connectivity index (χ1n) is 18.1. The first-order chi connectivity index (χ1) is 25.7. The zero-order valence-electron chi connectivity index (χ0n) is 29.3. The Kier molecular flexibility index (Phi) is 9.26. The number of imidazole rings is 1. The molecule has 3 aliphatic rings. The Morgan fingerprint density at radius 3 is 2.58 bits per heavy atom. The van der Waals surface area contributed by atoms with Gasteiger partial charge in [-0.25, -0.2) is 23.1 Å². The Morgan fingerprint density at radius 2 is 1.83 bits per heavy atom. The molecule has 15 nitrogen and oxygen atoms in total. The highest BCUT2D eigenvalue weighted by Crippen LogP contribution is 2.36. The molecule has 3 fully saturated rings. The van der Waals surface area contributed by atoms with Gasteiger partial charge >= 0.3 is 5.69 Å². The molecule has 1 aliphatic carbocycles. The van der Waals surface area contributed by atoms with Crippen LogP contribution in [-0.2, 0) is 16.6 Å². The van der Waals surface area contributed by atoms with Crippen molar-refractivity contribution >= 4 is 45.8 Å². The van der Waals surface area contributed by atoms with Crippen molar-refractivity contribution in [3.63, 3.8) is 0 Å². The van der Waals surface area contributed by atoms with E-state index in [9.17, 15) is 28.0 Å². The predicted octanol–water partition coefficient (Wildman–Crippen LogP) is 3.74. The molecule has 0 radical (unpaired) electrons.